The Balaban J connectivity index is 3.44. The van der Waals surface area contributed by atoms with E-state index in [1.165, 1.54) is 7.11 Å². The zero-order valence-electron chi connectivity index (χ0n) is 9.32. The molecule has 0 aromatic carbocycles. The second kappa shape index (κ2) is 7.76. The first-order valence-corrected chi connectivity index (χ1v) is 4.96. The van der Waals surface area contributed by atoms with Crippen LogP contribution < -0.4 is 0 Å². The normalized spacial score (nSPS) is 12.9. The molecule has 0 aliphatic heterocycles. The summed E-state index contributed by atoms with van der Waals surface area (Å²) in [6.45, 7) is 3.93. The minimum atomic E-state index is -0.159. The molecular weight excluding hydrogens is 182 g/mol. The predicted molar refractivity (Wildman–Crippen MR) is 55.0 cm³/mol. The lowest BCUT2D eigenvalue weighted by molar-refractivity contribution is -0.140. The van der Waals surface area contributed by atoms with Crippen LogP contribution in [-0.2, 0) is 9.53 Å². The number of carbonyl (C=O) groups excluding carboxylic acids is 1. The molecule has 0 fully saturated rings. The zero-order valence-corrected chi connectivity index (χ0v) is 9.32. The van der Waals surface area contributed by atoms with Gasteiger partial charge in [-0.25, -0.2) is 0 Å². The molecule has 1 unspecified atom stereocenters. The third-order valence-electron chi connectivity index (χ3n) is 2.08. The van der Waals surface area contributed by atoms with E-state index in [1.54, 1.807) is 0 Å². The number of hydrogen-bond donors (Lipinski definition) is 1. The quantitative estimate of drug-likeness (QED) is 0.612. The van der Waals surface area contributed by atoms with E-state index < -0.39 is 0 Å². The molecule has 0 heterocycles. The topological polar surface area (TPSA) is 49.8 Å². The molecule has 0 aliphatic rings. The van der Waals surface area contributed by atoms with Crippen molar-refractivity contribution in [2.24, 2.45) is 5.92 Å². The summed E-state index contributed by atoms with van der Waals surface area (Å²) < 4.78 is 4.54. The number of aliphatic hydroxyl groups excluding tert-OH is 1. The van der Waals surface area contributed by atoms with Crippen molar-refractivity contribution in [3.63, 3.8) is 0 Å². The molecule has 0 bridgehead atoms. The Labute approximate surface area is 85.9 Å². The summed E-state index contributed by atoms with van der Waals surface area (Å²) >= 11 is 0. The molecule has 0 rings (SSSR count). The fourth-order valence-corrected chi connectivity index (χ4v) is 1.28. The van der Waals surface area contributed by atoms with Crippen LogP contribution in [0.2, 0.25) is 0 Å². The Hall–Kier alpha value is -0.610. The first kappa shape index (κ1) is 13.4. The van der Waals surface area contributed by atoms with Gasteiger partial charge in [0.2, 0.25) is 0 Å². The molecule has 0 aromatic rings. The maximum Gasteiger partial charge on any atom is 0.305 e. The average molecular weight is 203 g/mol. The van der Waals surface area contributed by atoms with Crippen LogP contribution in [0.3, 0.4) is 0 Å². The summed E-state index contributed by atoms with van der Waals surface area (Å²) in [5.41, 5.74) is 0. The molecule has 0 aliphatic carbocycles. The molecule has 0 saturated heterocycles. The van der Waals surface area contributed by atoms with E-state index in [4.69, 9.17) is 5.11 Å². The van der Waals surface area contributed by atoms with E-state index in [2.05, 4.69) is 9.64 Å². The number of methoxy groups -OCH3 is 1. The monoisotopic (exact) mass is 203 g/mol. The van der Waals surface area contributed by atoms with Crippen molar-refractivity contribution in [2.45, 2.75) is 19.8 Å². The van der Waals surface area contributed by atoms with Gasteiger partial charge in [-0.1, -0.05) is 6.92 Å². The van der Waals surface area contributed by atoms with Gasteiger partial charge in [0.15, 0.2) is 0 Å². The Morgan fingerprint density at radius 2 is 2.21 bits per heavy atom. The van der Waals surface area contributed by atoms with Gasteiger partial charge >= 0.3 is 5.97 Å². The van der Waals surface area contributed by atoms with Gasteiger partial charge in [0.25, 0.3) is 0 Å². The van der Waals surface area contributed by atoms with Gasteiger partial charge in [-0.3, -0.25) is 4.79 Å². The fourth-order valence-electron chi connectivity index (χ4n) is 1.28. The average Bonchev–Trinajstić information content (AvgIpc) is 2.17. The second-order valence-corrected chi connectivity index (χ2v) is 3.73. The standard InChI is InChI=1S/C10H21NO3/c1-9(8-12)7-11(2)6-4-5-10(13)14-3/h9,12H,4-8H2,1-3H3. The zero-order chi connectivity index (χ0) is 11.0. The third kappa shape index (κ3) is 6.86. The largest absolute Gasteiger partial charge is 0.469 e. The fraction of sp³-hybridized carbons (Fsp3) is 0.900. The van der Waals surface area contributed by atoms with Gasteiger partial charge in [0.05, 0.1) is 7.11 Å². The van der Waals surface area contributed by atoms with Crippen LogP contribution in [0, 0.1) is 5.92 Å². The SMILES string of the molecule is COC(=O)CCCN(C)CC(C)CO. The van der Waals surface area contributed by atoms with Crippen LogP contribution >= 0.6 is 0 Å². The number of nitrogens with zero attached hydrogens (tertiary/aromatic N) is 1. The van der Waals surface area contributed by atoms with E-state index in [1.807, 2.05) is 14.0 Å². The highest BCUT2D eigenvalue weighted by molar-refractivity contribution is 5.69. The maximum atomic E-state index is 10.8. The number of aliphatic hydroxyl groups is 1. The predicted octanol–water partition coefficient (Wildman–Crippen LogP) is 0.500. The Bertz CT molecular complexity index is 161. The van der Waals surface area contributed by atoms with Crippen molar-refractivity contribution < 1.29 is 14.6 Å². The highest BCUT2D eigenvalue weighted by atomic mass is 16.5. The van der Waals surface area contributed by atoms with Crippen molar-refractivity contribution in [1.82, 2.24) is 4.90 Å². The molecule has 84 valence electrons. The van der Waals surface area contributed by atoms with E-state index >= 15 is 0 Å². The van der Waals surface area contributed by atoms with E-state index in [9.17, 15) is 4.79 Å². The highest BCUT2D eigenvalue weighted by Gasteiger charge is 2.06. The lowest BCUT2D eigenvalue weighted by Gasteiger charge is -2.19. The van der Waals surface area contributed by atoms with E-state index in [-0.39, 0.29) is 18.5 Å². The molecule has 1 N–H and O–H groups in total. The van der Waals surface area contributed by atoms with Crippen molar-refractivity contribution in [2.75, 3.05) is 33.9 Å². The van der Waals surface area contributed by atoms with E-state index in [0.29, 0.717) is 6.42 Å². The van der Waals surface area contributed by atoms with Gasteiger partial charge in [0.1, 0.15) is 0 Å². The van der Waals surface area contributed by atoms with Gasteiger partial charge in [0, 0.05) is 19.6 Å². The maximum absolute atomic E-state index is 10.8. The van der Waals surface area contributed by atoms with Crippen LogP contribution in [0.15, 0.2) is 0 Å². The molecule has 0 radical (unpaired) electrons. The Kier molecular flexibility index (Phi) is 7.42. The molecule has 4 heteroatoms. The lowest BCUT2D eigenvalue weighted by Crippen LogP contribution is -2.27. The molecule has 0 aromatic heterocycles. The molecule has 4 nitrogen and oxygen atoms in total. The summed E-state index contributed by atoms with van der Waals surface area (Å²) in [4.78, 5) is 12.9. The number of ether oxygens (including phenoxy) is 1. The second-order valence-electron chi connectivity index (χ2n) is 3.73. The Morgan fingerprint density at radius 1 is 1.57 bits per heavy atom. The van der Waals surface area contributed by atoms with E-state index in [0.717, 1.165) is 19.5 Å². The van der Waals surface area contributed by atoms with Gasteiger partial charge < -0.3 is 14.7 Å². The molecular formula is C10H21NO3. The van der Waals surface area contributed by atoms with Gasteiger partial charge in [-0.15, -0.1) is 0 Å². The molecule has 14 heavy (non-hydrogen) atoms. The lowest BCUT2D eigenvalue weighted by atomic mass is 10.2. The van der Waals surface area contributed by atoms with Crippen molar-refractivity contribution in [3.05, 3.63) is 0 Å². The first-order chi connectivity index (χ1) is 6.60. The number of rotatable bonds is 7. The summed E-state index contributed by atoms with van der Waals surface area (Å²) in [5.74, 6) is 0.131. The highest BCUT2D eigenvalue weighted by Crippen LogP contribution is 1.99. The smallest absolute Gasteiger partial charge is 0.305 e. The summed E-state index contributed by atoms with van der Waals surface area (Å²) in [7, 11) is 3.39. The van der Waals surface area contributed by atoms with Crippen LogP contribution in [0.1, 0.15) is 19.8 Å². The summed E-state index contributed by atoms with van der Waals surface area (Å²) in [5, 5.41) is 8.83. The number of carbonyl (C=O) groups is 1. The molecule has 0 saturated carbocycles. The minimum absolute atomic E-state index is 0.159. The minimum Gasteiger partial charge on any atom is -0.469 e. The van der Waals surface area contributed by atoms with Crippen LogP contribution in [0.5, 0.6) is 0 Å². The summed E-state index contributed by atoms with van der Waals surface area (Å²) in [6, 6.07) is 0. The van der Waals surface area contributed by atoms with Crippen molar-refractivity contribution in [3.8, 4) is 0 Å². The van der Waals surface area contributed by atoms with Crippen LogP contribution in [0.25, 0.3) is 0 Å². The molecule has 1 atom stereocenters. The summed E-state index contributed by atoms with van der Waals surface area (Å²) in [6.07, 6.45) is 1.27. The van der Waals surface area contributed by atoms with Crippen LogP contribution in [0.4, 0.5) is 0 Å². The van der Waals surface area contributed by atoms with Gasteiger partial charge in [-0.2, -0.15) is 0 Å². The Morgan fingerprint density at radius 3 is 2.71 bits per heavy atom. The molecule has 0 amide bonds. The third-order valence-corrected chi connectivity index (χ3v) is 2.08. The number of esters is 1. The number of hydrogen-bond acceptors (Lipinski definition) is 4. The first-order valence-electron chi connectivity index (χ1n) is 4.96. The van der Waals surface area contributed by atoms with Gasteiger partial charge in [-0.05, 0) is 25.9 Å². The van der Waals surface area contributed by atoms with Crippen LogP contribution in [-0.4, -0.2) is 49.8 Å². The van der Waals surface area contributed by atoms with Crippen molar-refractivity contribution >= 4 is 5.97 Å². The molecule has 0 spiro atoms. The van der Waals surface area contributed by atoms with Crippen molar-refractivity contribution in [1.29, 1.82) is 0 Å².